The number of aliphatic hydroxyl groups is 1. The second kappa shape index (κ2) is 8.23. The van der Waals surface area contributed by atoms with Gasteiger partial charge >= 0.3 is 0 Å². The minimum absolute atomic E-state index is 0.0353. The van der Waals surface area contributed by atoms with Crippen LogP contribution in [-0.2, 0) is 22.4 Å². The molecule has 1 saturated heterocycles. The Morgan fingerprint density at radius 3 is 2.78 bits per heavy atom. The highest BCUT2D eigenvalue weighted by atomic mass is 35.5. The highest BCUT2D eigenvalue weighted by Crippen LogP contribution is 2.23. The van der Waals surface area contributed by atoms with Gasteiger partial charge in [0, 0.05) is 30.5 Å². The Morgan fingerprint density at radius 1 is 1.33 bits per heavy atom. The van der Waals surface area contributed by atoms with Crippen LogP contribution in [0.25, 0.3) is 0 Å². The molecule has 2 heterocycles. The summed E-state index contributed by atoms with van der Waals surface area (Å²) in [7, 11) is 0. The van der Waals surface area contributed by atoms with Crippen LogP contribution in [0.2, 0.25) is 5.02 Å². The van der Waals surface area contributed by atoms with E-state index in [1.165, 1.54) is 4.90 Å². The zero-order chi connectivity index (χ0) is 19.6. The van der Waals surface area contributed by atoms with E-state index in [9.17, 15) is 14.7 Å². The molecule has 7 heteroatoms. The summed E-state index contributed by atoms with van der Waals surface area (Å²) >= 11 is 5.97. The fourth-order valence-electron chi connectivity index (χ4n) is 3.51. The zero-order valence-corrected chi connectivity index (χ0v) is 16.2. The first-order valence-electron chi connectivity index (χ1n) is 9.01. The van der Waals surface area contributed by atoms with Gasteiger partial charge in [0.15, 0.2) is 5.78 Å². The van der Waals surface area contributed by atoms with E-state index in [0.29, 0.717) is 29.3 Å². The van der Waals surface area contributed by atoms with Crippen LogP contribution in [-0.4, -0.2) is 45.5 Å². The number of likely N-dealkylation sites (tertiary alicyclic amines) is 1. The Labute approximate surface area is 163 Å². The molecule has 1 aliphatic rings. The Balaban J connectivity index is 1.63. The molecule has 1 aromatic heterocycles. The molecule has 0 saturated carbocycles. The van der Waals surface area contributed by atoms with Crippen molar-refractivity contribution in [3.63, 3.8) is 0 Å². The average molecular weight is 391 g/mol. The number of aromatic nitrogens is 1. The third-order valence-electron chi connectivity index (χ3n) is 4.92. The number of carbonyl (C=O) groups excluding carboxylic acids is 2. The van der Waals surface area contributed by atoms with Gasteiger partial charge in [0.25, 0.3) is 0 Å². The smallest absolute Gasteiger partial charge is 0.231 e. The van der Waals surface area contributed by atoms with Crippen LogP contribution in [0, 0.1) is 13.8 Å². The predicted octanol–water partition coefficient (Wildman–Crippen LogP) is 2.65. The lowest BCUT2D eigenvalue weighted by molar-refractivity contribution is -0.137. The largest absolute Gasteiger partial charge is 0.391 e. The predicted molar refractivity (Wildman–Crippen MR) is 101 cm³/mol. The van der Waals surface area contributed by atoms with E-state index in [1.807, 2.05) is 25.1 Å². The quantitative estimate of drug-likeness (QED) is 0.819. The number of β-amino-alcohol motifs (C(OH)–C–C–N with tert-alkyl or cyclic N) is 1. The van der Waals surface area contributed by atoms with E-state index in [2.05, 4.69) is 5.16 Å². The number of amides is 1. The molecule has 1 fully saturated rings. The SMILES string of the molecule is Cc1cc(CC(=O)N2C[C@H](O)C[C@H]2C(=O)CCc2ccc(Cl)cc2C)on1. The second-order valence-corrected chi connectivity index (χ2v) is 7.54. The van der Waals surface area contributed by atoms with Crippen LogP contribution in [0.1, 0.15) is 35.4 Å². The minimum Gasteiger partial charge on any atom is -0.391 e. The van der Waals surface area contributed by atoms with E-state index in [0.717, 1.165) is 11.1 Å². The summed E-state index contributed by atoms with van der Waals surface area (Å²) in [5, 5.41) is 14.4. The molecule has 1 aromatic carbocycles. The summed E-state index contributed by atoms with van der Waals surface area (Å²) in [5.41, 5.74) is 2.79. The number of rotatable bonds is 6. The summed E-state index contributed by atoms with van der Waals surface area (Å²) < 4.78 is 5.09. The van der Waals surface area contributed by atoms with Gasteiger partial charge in [-0.1, -0.05) is 22.8 Å². The van der Waals surface area contributed by atoms with Gasteiger partial charge in [0.1, 0.15) is 5.76 Å². The summed E-state index contributed by atoms with van der Waals surface area (Å²) in [6, 6.07) is 6.71. The number of aliphatic hydroxyl groups excluding tert-OH is 1. The Hall–Kier alpha value is -2.18. The Morgan fingerprint density at radius 2 is 2.11 bits per heavy atom. The van der Waals surface area contributed by atoms with Crippen molar-refractivity contribution in [1.29, 1.82) is 0 Å². The van der Waals surface area contributed by atoms with Crippen molar-refractivity contribution in [2.75, 3.05) is 6.54 Å². The van der Waals surface area contributed by atoms with Crippen molar-refractivity contribution in [3.05, 3.63) is 51.9 Å². The van der Waals surface area contributed by atoms with Crippen LogP contribution in [0.15, 0.2) is 28.8 Å². The molecule has 0 aliphatic carbocycles. The Kier molecular flexibility index (Phi) is 5.97. The third kappa shape index (κ3) is 4.76. The number of nitrogens with zero attached hydrogens (tertiary/aromatic N) is 2. The van der Waals surface area contributed by atoms with Crippen molar-refractivity contribution in [2.24, 2.45) is 0 Å². The van der Waals surface area contributed by atoms with E-state index in [4.69, 9.17) is 16.1 Å². The molecule has 1 amide bonds. The number of aryl methyl sites for hydroxylation is 3. The number of hydrogen-bond acceptors (Lipinski definition) is 5. The molecule has 2 atom stereocenters. The molecular weight excluding hydrogens is 368 g/mol. The number of carbonyl (C=O) groups is 2. The molecule has 3 rings (SSSR count). The summed E-state index contributed by atoms with van der Waals surface area (Å²) in [5.74, 6) is 0.189. The molecule has 0 spiro atoms. The highest BCUT2D eigenvalue weighted by molar-refractivity contribution is 6.30. The Bertz CT molecular complexity index is 848. The lowest BCUT2D eigenvalue weighted by atomic mass is 9.98. The summed E-state index contributed by atoms with van der Waals surface area (Å²) in [4.78, 5) is 26.8. The number of halogens is 1. The maximum Gasteiger partial charge on any atom is 0.231 e. The van der Waals surface area contributed by atoms with Crippen molar-refractivity contribution in [3.8, 4) is 0 Å². The lowest BCUT2D eigenvalue weighted by Gasteiger charge is -2.23. The van der Waals surface area contributed by atoms with Crippen molar-refractivity contribution < 1.29 is 19.2 Å². The van der Waals surface area contributed by atoms with Gasteiger partial charge < -0.3 is 14.5 Å². The summed E-state index contributed by atoms with van der Waals surface area (Å²) in [6.07, 6.45) is 0.521. The first-order chi connectivity index (χ1) is 12.8. The average Bonchev–Trinajstić information content (AvgIpc) is 3.19. The number of benzene rings is 1. The maximum atomic E-state index is 12.7. The third-order valence-corrected chi connectivity index (χ3v) is 5.15. The molecule has 0 unspecified atom stereocenters. The monoisotopic (exact) mass is 390 g/mol. The molecule has 1 N–H and O–H groups in total. The first kappa shape index (κ1) is 19.6. The van der Waals surface area contributed by atoms with Crippen LogP contribution >= 0.6 is 11.6 Å². The summed E-state index contributed by atoms with van der Waals surface area (Å²) in [6.45, 7) is 3.91. The molecule has 144 valence electrons. The second-order valence-electron chi connectivity index (χ2n) is 7.10. The van der Waals surface area contributed by atoms with Crippen molar-refractivity contribution in [2.45, 2.75) is 51.7 Å². The molecular formula is C20H23ClN2O4. The van der Waals surface area contributed by atoms with Gasteiger partial charge in [0.2, 0.25) is 5.91 Å². The fraction of sp³-hybridized carbons (Fsp3) is 0.450. The van der Waals surface area contributed by atoms with Crippen LogP contribution in [0.3, 0.4) is 0 Å². The van der Waals surface area contributed by atoms with Gasteiger partial charge in [-0.25, -0.2) is 0 Å². The first-order valence-corrected chi connectivity index (χ1v) is 9.38. The number of ketones is 1. The van der Waals surface area contributed by atoms with Gasteiger partial charge in [-0.2, -0.15) is 0 Å². The van der Waals surface area contributed by atoms with Gasteiger partial charge in [-0.15, -0.1) is 0 Å². The zero-order valence-electron chi connectivity index (χ0n) is 15.4. The van der Waals surface area contributed by atoms with E-state index < -0.39 is 12.1 Å². The fourth-order valence-corrected chi connectivity index (χ4v) is 3.74. The van der Waals surface area contributed by atoms with Crippen molar-refractivity contribution >= 4 is 23.3 Å². The van der Waals surface area contributed by atoms with Crippen LogP contribution in [0.5, 0.6) is 0 Å². The van der Waals surface area contributed by atoms with Crippen molar-refractivity contribution in [1.82, 2.24) is 10.1 Å². The highest BCUT2D eigenvalue weighted by Gasteiger charge is 2.38. The number of hydrogen-bond donors (Lipinski definition) is 1. The topological polar surface area (TPSA) is 83.6 Å². The van der Waals surface area contributed by atoms with Gasteiger partial charge in [-0.3, -0.25) is 9.59 Å². The van der Waals surface area contributed by atoms with Crippen LogP contribution < -0.4 is 0 Å². The molecule has 6 nitrogen and oxygen atoms in total. The molecule has 0 radical (unpaired) electrons. The van der Waals surface area contributed by atoms with E-state index in [-0.39, 0.29) is 31.1 Å². The van der Waals surface area contributed by atoms with Crippen LogP contribution in [0.4, 0.5) is 0 Å². The molecule has 27 heavy (non-hydrogen) atoms. The maximum absolute atomic E-state index is 12.7. The van der Waals surface area contributed by atoms with Gasteiger partial charge in [0.05, 0.1) is 24.3 Å². The minimum atomic E-state index is -0.684. The number of Topliss-reactive ketones (excluding diaryl/α,β-unsaturated/α-hetero) is 1. The van der Waals surface area contributed by atoms with E-state index >= 15 is 0 Å². The standard InChI is InChI=1S/C20H23ClN2O4/c1-12-7-15(21)5-3-14(12)4-6-19(25)18-9-16(24)11-23(18)20(26)10-17-8-13(2)22-27-17/h3,5,7-8,16,18,24H,4,6,9-11H2,1-2H3/t16-,18+/m1/s1. The molecule has 0 bridgehead atoms. The van der Waals surface area contributed by atoms with Gasteiger partial charge in [-0.05, 0) is 43.5 Å². The normalized spacial score (nSPS) is 19.5. The lowest BCUT2D eigenvalue weighted by Crippen LogP contribution is -2.41. The van der Waals surface area contributed by atoms with E-state index in [1.54, 1.807) is 13.0 Å². The molecule has 1 aliphatic heterocycles. The molecule has 2 aromatic rings.